The number of hydrogen-bond donors (Lipinski definition) is 1. The molecule has 0 saturated carbocycles. The molecular weight excluding hydrogens is 404 g/mol. The summed E-state index contributed by atoms with van der Waals surface area (Å²) in [5.74, 6) is -0.964. The van der Waals surface area contributed by atoms with Crippen LogP contribution in [0.4, 0.5) is 0 Å². The summed E-state index contributed by atoms with van der Waals surface area (Å²) in [5.41, 5.74) is -0.00521. The van der Waals surface area contributed by atoms with Crippen LogP contribution in [0.5, 0.6) is 0 Å². The Labute approximate surface area is 170 Å². The quantitative estimate of drug-likeness (QED) is 0.703. The monoisotopic (exact) mass is 428 g/mol. The summed E-state index contributed by atoms with van der Waals surface area (Å²) in [7, 11) is -3.83. The molecule has 1 aromatic carbocycles. The van der Waals surface area contributed by atoms with Crippen molar-refractivity contribution in [1.82, 2.24) is 9.62 Å². The second-order valence-corrected chi connectivity index (χ2v) is 9.63. The Morgan fingerprint density at radius 3 is 2.50 bits per heavy atom. The van der Waals surface area contributed by atoms with Crippen LogP contribution in [0.3, 0.4) is 0 Å². The van der Waals surface area contributed by atoms with Gasteiger partial charge in [-0.15, -0.1) is 0 Å². The van der Waals surface area contributed by atoms with Gasteiger partial charge in [0.2, 0.25) is 15.9 Å². The largest absolute Gasteiger partial charge is 0.458 e. The predicted molar refractivity (Wildman–Crippen MR) is 108 cm³/mol. The number of carbonyl (C=O) groups is 2. The molecule has 0 spiro atoms. The Balaban J connectivity index is 2.00. The highest BCUT2D eigenvalue weighted by Crippen LogP contribution is 2.19. The van der Waals surface area contributed by atoms with E-state index in [1.54, 1.807) is 52.0 Å². The lowest BCUT2D eigenvalue weighted by Gasteiger charge is -2.27. The first kappa shape index (κ1) is 22.4. The summed E-state index contributed by atoms with van der Waals surface area (Å²) >= 11 is 5.80. The van der Waals surface area contributed by atoms with Crippen molar-refractivity contribution in [3.8, 4) is 0 Å². The number of benzene rings is 1. The molecule has 0 aromatic heterocycles. The van der Waals surface area contributed by atoms with Gasteiger partial charge in [0.1, 0.15) is 17.7 Å². The number of amides is 1. The Kier molecular flexibility index (Phi) is 6.90. The third kappa shape index (κ3) is 6.32. The van der Waals surface area contributed by atoms with E-state index >= 15 is 0 Å². The maximum absolute atomic E-state index is 12.6. The number of nitrogens with zero attached hydrogens (tertiary/aromatic N) is 1. The summed E-state index contributed by atoms with van der Waals surface area (Å²) in [6.45, 7) is 7.07. The zero-order valence-corrected chi connectivity index (χ0v) is 17.9. The lowest BCUT2D eigenvalue weighted by molar-refractivity contribution is -0.163. The van der Waals surface area contributed by atoms with Gasteiger partial charge < -0.3 is 9.64 Å². The van der Waals surface area contributed by atoms with Crippen LogP contribution in [0.25, 0.3) is 6.08 Å². The normalized spacial score (nSPS) is 19.2. The molecule has 1 N–H and O–H groups in total. The van der Waals surface area contributed by atoms with Crippen LogP contribution in [0, 0.1) is 0 Å². The molecular formula is C19H25ClN2O5S. The third-order valence-electron chi connectivity index (χ3n) is 4.07. The van der Waals surface area contributed by atoms with Crippen LogP contribution in [0.2, 0.25) is 5.02 Å². The number of sulfonamides is 1. The van der Waals surface area contributed by atoms with Crippen molar-refractivity contribution in [3.05, 3.63) is 40.3 Å². The SMILES string of the molecule is C[C@@H](C(=O)OC(C)(C)C)N1CC[C@H](NS(=O)(=O)/C=C/c2ccc(Cl)cc2)C1=O. The number of nitrogens with one attached hydrogen (secondary N) is 1. The molecule has 2 atom stereocenters. The van der Waals surface area contributed by atoms with Crippen LogP contribution in [0.1, 0.15) is 39.7 Å². The number of esters is 1. The van der Waals surface area contributed by atoms with Gasteiger partial charge in [-0.25, -0.2) is 13.2 Å². The first-order valence-electron chi connectivity index (χ1n) is 8.87. The average Bonchev–Trinajstić information content (AvgIpc) is 2.92. The first-order chi connectivity index (χ1) is 12.9. The standard InChI is InChI=1S/C19H25ClN2O5S/c1-13(18(24)27-19(2,3)4)22-11-9-16(17(22)23)21-28(25,26)12-10-14-5-7-15(20)8-6-14/h5-8,10,12-13,16,21H,9,11H2,1-4H3/b12-10+/t13-,16-/m0/s1. The number of rotatable bonds is 6. The molecule has 0 bridgehead atoms. The van der Waals surface area contributed by atoms with Crippen molar-refractivity contribution in [3.63, 3.8) is 0 Å². The van der Waals surface area contributed by atoms with Gasteiger partial charge in [-0.3, -0.25) is 4.79 Å². The number of carbonyl (C=O) groups excluding carboxylic acids is 2. The summed E-state index contributed by atoms with van der Waals surface area (Å²) in [4.78, 5) is 26.1. The van der Waals surface area contributed by atoms with Crippen LogP contribution in [-0.4, -0.2) is 49.4 Å². The van der Waals surface area contributed by atoms with Gasteiger partial charge in [0.15, 0.2) is 0 Å². The van der Waals surface area contributed by atoms with E-state index in [1.807, 2.05) is 0 Å². The maximum atomic E-state index is 12.6. The summed E-state index contributed by atoms with van der Waals surface area (Å²) in [6, 6.07) is 4.96. The molecule has 28 heavy (non-hydrogen) atoms. The minimum Gasteiger partial charge on any atom is -0.458 e. The van der Waals surface area contributed by atoms with Crippen LogP contribution in [-0.2, 0) is 24.3 Å². The van der Waals surface area contributed by atoms with E-state index in [2.05, 4.69) is 4.72 Å². The predicted octanol–water partition coefficient (Wildman–Crippen LogP) is 2.56. The first-order valence-corrected chi connectivity index (χ1v) is 10.8. The van der Waals surface area contributed by atoms with E-state index in [-0.39, 0.29) is 13.0 Å². The van der Waals surface area contributed by atoms with Crippen LogP contribution < -0.4 is 4.72 Å². The van der Waals surface area contributed by atoms with E-state index < -0.39 is 39.6 Å². The minimum absolute atomic E-state index is 0.271. The molecule has 2 rings (SSSR count). The van der Waals surface area contributed by atoms with Crippen LogP contribution in [0.15, 0.2) is 29.7 Å². The van der Waals surface area contributed by atoms with Gasteiger partial charge in [-0.1, -0.05) is 23.7 Å². The lowest BCUT2D eigenvalue weighted by Crippen LogP contribution is -2.47. The fraction of sp³-hybridized carbons (Fsp3) is 0.474. The molecule has 0 aliphatic carbocycles. The molecule has 0 unspecified atom stereocenters. The van der Waals surface area contributed by atoms with Crippen molar-refractivity contribution in [2.45, 2.75) is 51.8 Å². The Morgan fingerprint density at radius 1 is 1.32 bits per heavy atom. The zero-order valence-electron chi connectivity index (χ0n) is 16.3. The number of ether oxygens (including phenoxy) is 1. The summed E-state index contributed by atoms with van der Waals surface area (Å²) in [5, 5.41) is 1.55. The van der Waals surface area contributed by atoms with E-state index in [4.69, 9.17) is 16.3 Å². The van der Waals surface area contributed by atoms with Gasteiger partial charge in [-0.05, 0) is 57.9 Å². The van der Waals surface area contributed by atoms with E-state index in [0.717, 1.165) is 5.41 Å². The van der Waals surface area contributed by atoms with E-state index in [1.165, 1.54) is 11.0 Å². The number of halogens is 1. The average molecular weight is 429 g/mol. The fourth-order valence-corrected chi connectivity index (χ4v) is 3.85. The zero-order chi connectivity index (χ0) is 21.1. The third-order valence-corrected chi connectivity index (χ3v) is 5.43. The van der Waals surface area contributed by atoms with E-state index in [9.17, 15) is 18.0 Å². The highest BCUT2D eigenvalue weighted by molar-refractivity contribution is 7.92. The van der Waals surface area contributed by atoms with Gasteiger partial charge in [0.25, 0.3) is 0 Å². The van der Waals surface area contributed by atoms with E-state index in [0.29, 0.717) is 10.6 Å². The second-order valence-electron chi connectivity index (χ2n) is 7.60. The fourth-order valence-electron chi connectivity index (χ4n) is 2.69. The van der Waals surface area contributed by atoms with Crippen molar-refractivity contribution < 1.29 is 22.7 Å². The van der Waals surface area contributed by atoms with Crippen molar-refractivity contribution in [2.24, 2.45) is 0 Å². The smallest absolute Gasteiger partial charge is 0.329 e. The number of likely N-dealkylation sites (tertiary alicyclic amines) is 1. The summed E-state index contributed by atoms with van der Waals surface area (Å²) < 4.78 is 32.2. The van der Waals surface area contributed by atoms with Crippen LogP contribution >= 0.6 is 11.6 Å². The second kappa shape index (κ2) is 8.63. The molecule has 1 heterocycles. The molecule has 7 nitrogen and oxygen atoms in total. The van der Waals surface area contributed by atoms with Gasteiger partial charge >= 0.3 is 5.97 Å². The molecule has 9 heteroatoms. The maximum Gasteiger partial charge on any atom is 0.329 e. The van der Waals surface area contributed by atoms with Gasteiger partial charge in [0, 0.05) is 17.0 Å². The lowest BCUT2D eigenvalue weighted by atomic mass is 10.2. The number of hydrogen-bond acceptors (Lipinski definition) is 5. The molecule has 1 aliphatic rings. The Hall–Kier alpha value is -1.90. The molecule has 1 fully saturated rings. The van der Waals surface area contributed by atoms with Crippen molar-refractivity contribution in [1.29, 1.82) is 0 Å². The van der Waals surface area contributed by atoms with Crippen molar-refractivity contribution >= 4 is 39.6 Å². The topological polar surface area (TPSA) is 92.8 Å². The molecule has 1 aliphatic heterocycles. The Bertz CT molecular complexity index is 859. The minimum atomic E-state index is -3.83. The molecule has 0 radical (unpaired) electrons. The molecule has 1 saturated heterocycles. The highest BCUT2D eigenvalue weighted by Gasteiger charge is 2.39. The summed E-state index contributed by atoms with van der Waals surface area (Å²) in [6.07, 6.45) is 1.69. The van der Waals surface area contributed by atoms with Crippen molar-refractivity contribution in [2.75, 3.05) is 6.54 Å². The Morgan fingerprint density at radius 2 is 1.93 bits per heavy atom. The van der Waals surface area contributed by atoms with Gasteiger partial charge in [0.05, 0.1) is 0 Å². The highest BCUT2D eigenvalue weighted by atomic mass is 35.5. The molecule has 1 amide bonds. The molecule has 154 valence electrons. The molecule has 1 aromatic rings. The van der Waals surface area contributed by atoms with Gasteiger partial charge in [-0.2, -0.15) is 4.72 Å².